The Balaban J connectivity index is 2.81. The lowest BCUT2D eigenvalue weighted by molar-refractivity contribution is 0.0677. The van der Waals surface area contributed by atoms with Crippen molar-refractivity contribution < 1.29 is 9.90 Å². The SMILES string of the molecule is CC(C)n1c(C(=O)O)nc2cc(N)ccc21. The molecule has 3 N–H and O–H groups in total. The Hall–Kier alpha value is -2.04. The van der Waals surface area contributed by atoms with Gasteiger partial charge in [0.15, 0.2) is 0 Å². The Labute approximate surface area is 92.5 Å². The van der Waals surface area contributed by atoms with Crippen LogP contribution in [0.5, 0.6) is 0 Å². The molecule has 0 fully saturated rings. The lowest BCUT2D eigenvalue weighted by Gasteiger charge is -2.10. The smallest absolute Gasteiger partial charge is 0.372 e. The fourth-order valence-corrected chi connectivity index (χ4v) is 1.79. The first-order chi connectivity index (χ1) is 7.50. The summed E-state index contributed by atoms with van der Waals surface area (Å²) in [5.74, 6) is -0.973. The highest BCUT2D eigenvalue weighted by Crippen LogP contribution is 2.22. The fraction of sp³-hybridized carbons (Fsp3) is 0.273. The van der Waals surface area contributed by atoms with Crippen LogP contribution in [-0.2, 0) is 0 Å². The lowest BCUT2D eigenvalue weighted by atomic mass is 10.2. The van der Waals surface area contributed by atoms with E-state index in [2.05, 4.69) is 4.98 Å². The molecule has 16 heavy (non-hydrogen) atoms. The van der Waals surface area contributed by atoms with E-state index in [1.807, 2.05) is 13.8 Å². The summed E-state index contributed by atoms with van der Waals surface area (Å²) in [6, 6.07) is 5.26. The topological polar surface area (TPSA) is 81.1 Å². The molecule has 0 saturated carbocycles. The van der Waals surface area contributed by atoms with E-state index in [9.17, 15) is 4.79 Å². The number of nitrogen functional groups attached to an aromatic ring is 1. The summed E-state index contributed by atoms with van der Waals surface area (Å²) in [4.78, 5) is 15.1. The number of fused-ring (bicyclic) bond motifs is 1. The molecule has 1 heterocycles. The normalized spacial score (nSPS) is 11.2. The first-order valence-corrected chi connectivity index (χ1v) is 5.01. The highest BCUT2D eigenvalue weighted by atomic mass is 16.4. The third-order valence-electron chi connectivity index (χ3n) is 2.42. The van der Waals surface area contributed by atoms with Crippen LogP contribution in [0.25, 0.3) is 11.0 Å². The van der Waals surface area contributed by atoms with E-state index in [0.717, 1.165) is 5.52 Å². The molecule has 2 aromatic rings. The zero-order valence-corrected chi connectivity index (χ0v) is 9.14. The van der Waals surface area contributed by atoms with E-state index in [1.54, 1.807) is 22.8 Å². The van der Waals surface area contributed by atoms with Crippen molar-refractivity contribution in [1.82, 2.24) is 9.55 Å². The third-order valence-corrected chi connectivity index (χ3v) is 2.42. The number of benzene rings is 1. The van der Waals surface area contributed by atoms with Crippen LogP contribution in [0.4, 0.5) is 5.69 Å². The number of imidazole rings is 1. The molecule has 0 radical (unpaired) electrons. The molecule has 1 aromatic carbocycles. The van der Waals surface area contributed by atoms with Crippen molar-refractivity contribution in [2.24, 2.45) is 0 Å². The number of carboxylic acids is 1. The zero-order chi connectivity index (χ0) is 11.9. The number of hydrogen-bond acceptors (Lipinski definition) is 3. The second kappa shape index (κ2) is 3.52. The molecule has 0 atom stereocenters. The minimum absolute atomic E-state index is 0.0414. The molecule has 0 aliphatic rings. The maximum Gasteiger partial charge on any atom is 0.372 e. The van der Waals surface area contributed by atoms with E-state index < -0.39 is 5.97 Å². The molecular weight excluding hydrogens is 206 g/mol. The molecule has 0 saturated heterocycles. The Morgan fingerprint density at radius 1 is 1.50 bits per heavy atom. The van der Waals surface area contributed by atoms with Crippen LogP contribution in [-0.4, -0.2) is 20.6 Å². The Kier molecular flexibility index (Phi) is 2.30. The number of aromatic nitrogens is 2. The molecule has 1 aromatic heterocycles. The van der Waals surface area contributed by atoms with E-state index in [0.29, 0.717) is 11.2 Å². The predicted octanol–water partition coefficient (Wildman–Crippen LogP) is 1.90. The molecule has 0 bridgehead atoms. The lowest BCUT2D eigenvalue weighted by Crippen LogP contribution is -2.11. The molecular formula is C11H13N3O2. The quantitative estimate of drug-likeness (QED) is 0.756. The Bertz CT molecular complexity index is 558. The number of carboxylic acid groups (broad SMARTS) is 1. The monoisotopic (exact) mass is 219 g/mol. The van der Waals surface area contributed by atoms with Gasteiger partial charge in [-0.2, -0.15) is 0 Å². The minimum atomic E-state index is -1.02. The van der Waals surface area contributed by atoms with E-state index in [4.69, 9.17) is 10.8 Å². The van der Waals surface area contributed by atoms with Gasteiger partial charge in [0.25, 0.3) is 0 Å². The van der Waals surface area contributed by atoms with Gasteiger partial charge >= 0.3 is 5.97 Å². The summed E-state index contributed by atoms with van der Waals surface area (Å²) < 4.78 is 1.69. The number of nitrogens with zero attached hydrogens (tertiary/aromatic N) is 2. The van der Waals surface area contributed by atoms with Gasteiger partial charge in [-0.3, -0.25) is 0 Å². The summed E-state index contributed by atoms with van der Waals surface area (Å²) in [6.45, 7) is 3.84. The van der Waals surface area contributed by atoms with Gasteiger partial charge in [0.1, 0.15) is 0 Å². The highest BCUT2D eigenvalue weighted by Gasteiger charge is 2.18. The van der Waals surface area contributed by atoms with Gasteiger partial charge < -0.3 is 15.4 Å². The zero-order valence-electron chi connectivity index (χ0n) is 9.14. The molecule has 0 aliphatic heterocycles. The standard InChI is InChI=1S/C11H13N3O2/c1-6(2)14-9-4-3-7(12)5-8(9)13-10(14)11(15)16/h3-6H,12H2,1-2H3,(H,15,16). The molecule has 5 nitrogen and oxygen atoms in total. The van der Waals surface area contributed by atoms with E-state index >= 15 is 0 Å². The average Bonchev–Trinajstić information content (AvgIpc) is 2.55. The van der Waals surface area contributed by atoms with Crippen molar-refractivity contribution in [3.63, 3.8) is 0 Å². The molecule has 0 amide bonds. The number of nitrogens with two attached hydrogens (primary N) is 1. The molecule has 84 valence electrons. The van der Waals surface area contributed by atoms with Crippen molar-refractivity contribution in [2.75, 3.05) is 5.73 Å². The second-order valence-corrected chi connectivity index (χ2v) is 3.95. The van der Waals surface area contributed by atoms with Gasteiger partial charge in [0.2, 0.25) is 5.82 Å². The summed E-state index contributed by atoms with van der Waals surface area (Å²) in [5, 5.41) is 9.07. The van der Waals surface area contributed by atoms with Crippen LogP contribution in [0.1, 0.15) is 30.5 Å². The Morgan fingerprint density at radius 2 is 2.19 bits per heavy atom. The fourth-order valence-electron chi connectivity index (χ4n) is 1.79. The third kappa shape index (κ3) is 1.50. The number of anilines is 1. The molecule has 2 rings (SSSR count). The number of carbonyl (C=O) groups is 1. The van der Waals surface area contributed by atoms with E-state index in [-0.39, 0.29) is 11.9 Å². The summed E-state index contributed by atoms with van der Waals surface area (Å²) in [6.07, 6.45) is 0. The first kappa shape index (κ1) is 10.5. The van der Waals surface area contributed by atoms with Crippen LogP contribution in [0.2, 0.25) is 0 Å². The average molecular weight is 219 g/mol. The van der Waals surface area contributed by atoms with Gasteiger partial charge in [-0.1, -0.05) is 0 Å². The van der Waals surface area contributed by atoms with Crippen LogP contribution in [0.3, 0.4) is 0 Å². The highest BCUT2D eigenvalue weighted by molar-refractivity contribution is 5.90. The van der Waals surface area contributed by atoms with Crippen LogP contribution in [0.15, 0.2) is 18.2 Å². The van der Waals surface area contributed by atoms with Crippen molar-refractivity contribution in [2.45, 2.75) is 19.9 Å². The van der Waals surface area contributed by atoms with Gasteiger partial charge in [-0.15, -0.1) is 0 Å². The molecule has 0 aliphatic carbocycles. The second-order valence-electron chi connectivity index (χ2n) is 3.95. The van der Waals surface area contributed by atoms with Gasteiger partial charge in [0, 0.05) is 11.7 Å². The largest absolute Gasteiger partial charge is 0.475 e. The summed E-state index contributed by atoms with van der Waals surface area (Å²) in [7, 11) is 0. The van der Waals surface area contributed by atoms with Crippen LogP contribution >= 0.6 is 0 Å². The van der Waals surface area contributed by atoms with Gasteiger partial charge in [-0.05, 0) is 32.0 Å². The van der Waals surface area contributed by atoms with Crippen LogP contribution < -0.4 is 5.73 Å². The predicted molar refractivity (Wildman–Crippen MR) is 61.5 cm³/mol. The molecule has 0 spiro atoms. The molecule has 0 unspecified atom stereocenters. The van der Waals surface area contributed by atoms with Crippen molar-refractivity contribution >= 4 is 22.7 Å². The van der Waals surface area contributed by atoms with Crippen molar-refractivity contribution in [1.29, 1.82) is 0 Å². The van der Waals surface area contributed by atoms with Crippen LogP contribution in [0, 0.1) is 0 Å². The van der Waals surface area contributed by atoms with E-state index in [1.165, 1.54) is 0 Å². The first-order valence-electron chi connectivity index (χ1n) is 5.01. The maximum atomic E-state index is 11.1. The van der Waals surface area contributed by atoms with Crippen molar-refractivity contribution in [3.8, 4) is 0 Å². The van der Waals surface area contributed by atoms with Gasteiger partial charge in [0.05, 0.1) is 11.0 Å². The molecule has 5 heteroatoms. The van der Waals surface area contributed by atoms with Gasteiger partial charge in [-0.25, -0.2) is 9.78 Å². The maximum absolute atomic E-state index is 11.1. The minimum Gasteiger partial charge on any atom is -0.475 e. The Morgan fingerprint density at radius 3 is 2.75 bits per heavy atom. The number of rotatable bonds is 2. The van der Waals surface area contributed by atoms with Crippen molar-refractivity contribution in [3.05, 3.63) is 24.0 Å². The summed E-state index contributed by atoms with van der Waals surface area (Å²) in [5.41, 5.74) is 7.63. The number of aromatic carboxylic acids is 1. The number of hydrogen-bond donors (Lipinski definition) is 2. The summed E-state index contributed by atoms with van der Waals surface area (Å²) >= 11 is 0.